The van der Waals surface area contributed by atoms with E-state index < -0.39 is 6.04 Å². The van der Waals surface area contributed by atoms with Gasteiger partial charge in [-0.3, -0.25) is 9.59 Å². The van der Waals surface area contributed by atoms with Crippen molar-refractivity contribution < 1.29 is 19.1 Å². The van der Waals surface area contributed by atoms with E-state index in [1.807, 2.05) is 43.0 Å². The molecule has 1 aliphatic carbocycles. The Morgan fingerprint density at radius 1 is 1.14 bits per heavy atom. The molecule has 2 fully saturated rings. The van der Waals surface area contributed by atoms with Gasteiger partial charge < -0.3 is 29.9 Å². The Bertz CT molecular complexity index is 1140. The summed E-state index contributed by atoms with van der Waals surface area (Å²) in [5, 5.41) is 7.15. The van der Waals surface area contributed by atoms with Gasteiger partial charge in [0.15, 0.2) is 0 Å². The van der Waals surface area contributed by atoms with Gasteiger partial charge in [0.25, 0.3) is 0 Å². The molecule has 44 heavy (non-hydrogen) atoms. The molecule has 2 N–H and O–H groups in total. The largest absolute Gasteiger partial charge is 0.383 e. The van der Waals surface area contributed by atoms with Gasteiger partial charge in [-0.25, -0.2) is 0 Å². The van der Waals surface area contributed by atoms with E-state index in [-0.39, 0.29) is 58.3 Å². The van der Waals surface area contributed by atoms with Crippen molar-refractivity contribution in [2.45, 2.75) is 116 Å². The molecule has 8 heteroatoms. The summed E-state index contributed by atoms with van der Waals surface area (Å²) < 4.78 is 11.2. The van der Waals surface area contributed by atoms with Gasteiger partial charge in [0.2, 0.25) is 11.8 Å². The van der Waals surface area contributed by atoms with Crippen molar-refractivity contribution in [2.75, 3.05) is 41.5 Å². The Labute approximate surface area is 267 Å². The standard InChI is InChI=1S/C36H60N4O4/c1-24(2)28(20-25(3)32(41)40-27(23-43-11)18-19-36(40)21-30(36)44-12)39(10)33(42)31(34(4,5)6)38-22-29(37-9)35(7,8)26-16-14-13-15-17-26/h13-17,20,24,27-31,37-38H,18-19,21-23H2,1-12H3/b25-20+/t27-,28+,29?,30-,31?,36?/m0/s1. The number of carbonyl (C=O) groups is 2. The number of hydrogen-bond acceptors (Lipinski definition) is 6. The highest BCUT2D eigenvalue weighted by molar-refractivity contribution is 5.94. The second-order valence-corrected chi connectivity index (χ2v) is 15.0. The topological polar surface area (TPSA) is 83.1 Å². The van der Waals surface area contributed by atoms with E-state index in [0.717, 1.165) is 19.3 Å². The lowest BCUT2D eigenvalue weighted by molar-refractivity contribution is -0.137. The first-order valence-electron chi connectivity index (χ1n) is 16.3. The van der Waals surface area contributed by atoms with Crippen LogP contribution in [0.3, 0.4) is 0 Å². The summed E-state index contributed by atoms with van der Waals surface area (Å²) in [6.45, 7) is 18.0. The highest BCUT2D eigenvalue weighted by Crippen LogP contribution is 2.54. The molecule has 1 aliphatic heterocycles. The van der Waals surface area contributed by atoms with Crippen LogP contribution in [-0.4, -0.2) is 98.9 Å². The number of ether oxygens (including phenoxy) is 2. The second kappa shape index (κ2) is 14.4. The van der Waals surface area contributed by atoms with E-state index in [0.29, 0.717) is 18.7 Å². The van der Waals surface area contributed by atoms with Crippen molar-refractivity contribution in [3.63, 3.8) is 0 Å². The summed E-state index contributed by atoms with van der Waals surface area (Å²) in [4.78, 5) is 32.2. The minimum Gasteiger partial charge on any atom is -0.383 e. The number of likely N-dealkylation sites (tertiary alicyclic amines) is 1. The number of carbonyl (C=O) groups excluding carboxylic acids is 2. The van der Waals surface area contributed by atoms with Crippen LogP contribution in [0, 0.1) is 11.3 Å². The first-order chi connectivity index (χ1) is 20.6. The van der Waals surface area contributed by atoms with Crippen molar-refractivity contribution >= 4 is 11.8 Å². The third-order valence-electron chi connectivity index (χ3n) is 10.2. The fourth-order valence-electron chi connectivity index (χ4n) is 7.24. The van der Waals surface area contributed by atoms with Crippen LogP contribution in [0.2, 0.25) is 0 Å². The van der Waals surface area contributed by atoms with Gasteiger partial charge in [0.05, 0.1) is 36.4 Å². The molecule has 1 saturated heterocycles. The molecule has 1 saturated carbocycles. The lowest BCUT2D eigenvalue weighted by atomic mass is 9.77. The SMILES string of the molecule is CNC(CNC(C(=O)N(C)[C@H](/C=C(\C)C(=O)N1[C@H](COC)CCC12C[C@@H]2OC)C(C)C)C(C)(C)C)C(C)(C)c1ccccc1. The summed E-state index contributed by atoms with van der Waals surface area (Å²) in [5.41, 5.74) is 1.19. The van der Waals surface area contributed by atoms with E-state index >= 15 is 0 Å². The first kappa shape index (κ1) is 36.2. The van der Waals surface area contributed by atoms with Crippen LogP contribution in [0.4, 0.5) is 0 Å². The number of hydrogen-bond donors (Lipinski definition) is 2. The summed E-state index contributed by atoms with van der Waals surface area (Å²) in [6.07, 6.45) is 4.77. The van der Waals surface area contributed by atoms with Gasteiger partial charge >= 0.3 is 0 Å². The number of benzene rings is 1. The van der Waals surface area contributed by atoms with Crippen molar-refractivity contribution in [3.05, 3.63) is 47.5 Å². The van der Waals surface area contributed by atoms with Gasteiger partial charge in [0.1, 0.15) is 0 Å². The van der Waals surface area contributed by atoms with E-state index in [1.54, 1.807) is 14.2 Å². The number of amides is 2. The first-order valence-corrected chi connectivity index (χ1v) is 16.3. The smallest absolute Gasteiger partial charge is 0.250 e. The zero-order valence-electron chi connectivity index (χ0n) is 29.5. The van der Waals surface area contributed by atoms with E-state index in [9.17, 15) is 9.59 Å². The predicted octanol–water partition coefficient (Wildman–Crippen LogP) is 4.78. The van der Waals surface area contributed by atoms with E-state index in [4.69, 9.17) is 9.47 Å². The molecule has 3 rings (SSSR count). The minimum absolute atomic E-state index is 0.0149. The maximum Gasteiger partial charge on any atom is 0.250 e. The van der Waals surface area contributed by atoms with Gasteiger partial charge in [-0.05, 0) is 43.7 Å². The molecule has 3 unspecified atom stereocenters. The fraction of sp³-hybridized carbons (Fsp3) is 0.722. The Hall–Kier alpha value is -2.26. The molecular formula is C36H60N4O4. The molecule has 248 valence electrons. The van der Waals surface area contributed by atoms with Crippen LogP contribution in [-0.2, 0) is 24.5 Å². The molecule has 2 amide bonds. The Balaban J connectivity index is 1.82. The van der Waals surface area contributed by atoms with Crippen molar-refractivity contribution in [2.24, 2.45) is 11.3 Å². The monoisotopic (exact) mass is 612 g/mol. The van der Waals surface area contributed by atoms with Crippen LogP contribution in [0.5, 0.6) is 0 Å². The summed E-state index contributed by atoms with van der Waals surface area (Å²) in [7, 11) is 7.27. The fourth-order valence-corrected chi connectivity index (χ4v) is 7.24. The molecule has 0 bridgehead atoms. The van der Waals surface area contributed by atoms with Gasteiger partial charge in [-0.2, -0.15) is 0 Å². The number of methoxy groups -OCH3 is 2. The molecule has 6 atom stereocenters. The van der Waals surface area contributed by atoms with Crippen LogP contribution < -0.4 is 10.6 Å². The molecule has 0 aromatic heterocycles. The maximum absolute atomic E-state index is 14.3. The molecule has 2 aliphatic rings. The maximum atomic E-state index is 14.3. The van der Waals surface area contributed by atoms with Crippen molar-refractivity contribution in [3.8, 4) is 0 Å². The Kier molecular flexibility index (Phi) is 11.9. The zero-order valence-corrected chi connectivity index (χ0v) is 29.5. The molecule has 8 nitrogen and oxygen atoms in total. The molecule has 1 heterocycles. The highest BCUT2D eigenvalue weighted by atomic mass is 16.5. The quantitative estimate of drug-likeness (QED) is 0.295. The number of rotatable bonds is 14. The lowest BCUT2D eigenvalue weighted by Gasteiger charge is -2.40. The molecule has 1 aromatic rings. The third-order valence-corrected chi connectivity index (χ3v) is 10.2. The summed E-state index contributed by atoms with van der Waals surface area (Å²) >= 11 is 0. The van der Waals surface area contributed by atoms with Crippen molar-refractivity contribution in [1.82, 2.24) is 20.4 Å². The lowest BCUT2D eigenvalue weighted by Crippen LogP contribution is -2.59. The predicted molar refractivity (Wildman–Crippen MR) is 179 cm³/mol. The third kappa shape index (κ3) is 7.57. The van der Waals surface area contributed by atoms with Crippen LogP contribution >= 0.6 is 0 Å². The van der Waals surface area contributed by atoms with E-state index in [1.165, 1.54) is 5.56 Å². The van der Waals surface area contributed by atoms with Gasteiger partial charge in [0, 0.05) is 51.3 Å². The van der Waals surface area contributed by atoms with Gasteiger partial charge in [-0.1, -0.05) is 84.9 Å². The summed E-state index contributed by atoms with van der Waals surface area (Å²) in [6, 6.07) is 9.97. The van der Waals surface area contributed by atoms with Crippen LogP contribution in [0.25, 0.3) is 0 Å². The van der Waals surface area contributed by atoms with E-state index in [2.05, 4.69) is 83.4 Å². The summed E-state index contributed by atoms with van der Waals surface area (Å²) in [5.74, 6) is 0.155. The van der Waals surface area contributed by atoms with Crippen molar-refractivity contribution in [1.29, 1.82) is 0 Å². The minimum atomic E-state index is -0.414. The molecule has 0 radical (unpaired) electrons. The molecule has 1 spiro atoms. The molecular weight excluding hydrogens is 552 g/mol. The second-order valence-electron chi connectivity index (χ2n) is 15.0. The van der Waals surface area contributed by atoms with Crippen LogP contribution in [0.1, 0.15) is 80.2 Å². The number of likely N-dealkylation sites (N-methyl/N-ethyl adjacent to an activating group) is 2. The highest BCUT2D eigenvalue weighted by Gasteiger charge is 2.65. The van der Waals surface area contributed by atoms with Crippen LogP contribution in [0.15, 0.2) is 42.0 Å². The molecule has 1 aromatic carbocycles. The van der Waals surface area contributed by atoms with Gasteiger partial charge in [-0.15, -0.1) is 0 Å². The normalized spacial score (nSPS) is 24.5. The average molecular weight is 613 g/mol. The zero-order chi connectivity index (χ0) is 33.0. The number of nitrogens with zero attached hydrogens (tertiary/aromatic N) is 2. The number of nitrogens with one attached hydrogen (secondary N) is 2. The Morgan fingerprint density at radius 3 is 2.27 bits per heavy atom. The average Bonchev–Trinajstić information content (AvgIpc) is 3.57. The Morgan fingerprint density at radius 2 is 1.77 bits per heavy atom.